The van der Waals surface area contributed by atoms with E-state index in [2.05, 4.69) is 34.0 Å². The Morgan fingerprint density at radius 2 is 2.04 bits per heavy atom. The number of anilines is 1. The van der Waals surface area contributed by atoms with Crippen molar-refractivity contribution in [1.82, 2.24) is 14.9 Å². The molecule has 6 heteroatoms. The van der Waals surface area contributed by atoms with Gasteiger partial charge in [0.2, 0.25) is 5.82 Å². The van der Waals surface area contributed by atoms with E-state index in [0.717, 1.165) is 48.4 Å². The maximum absolute atomic E-state index is 9.21. The van der Waals surface area contributed by atoms with Crippen LogP contribution in [0.15, 0.2) is 18.2 Å². The summed E-state index contributed by atoms with van der Waals surface area (Å²) in [5.41, 5.74) is 0.725. The lowest BCUT2D eigenvalue weighted by atomic mass is 10.0. The van der Waals surface area contributed by atoms with E-state index in [4.69, 9.17) is 4.74 Å². The molecule has 1 aliphatic rings. The highest BCUT2D eigenvalue weighted by Gasteiger charge is 2.22. The fraction of sp³-hybridized carbons (Fsp3) is 0.500. The first-order valence-corrected chi connectivity index (χ1v) is 8.37. The molecule has 0 unspecified atom stereocenters. The molecule has 0 amide bonds. The number of methoxy groups -OCH3 is 1. The molecular formula is C18H23N5O. The maximum atomic E-state index is 9.21. The van der Waals surface area contributed by atoms with Crippen LogP contribution in [0.2, 0.25) is 0 Å². The summed E-state index contributed by atoms with van der Waals surface area (Å²) < 4.78 is 5.25. The van der Waals surface area contributed by atoms with Gasteiger partial charge in [-0.3, -0.25) is 0 Å². The lowest BCUT2D eigenvalue weighted by Gasteiger charge is -2.35. The summed E-state index contributed by atoms with van der Waals surface area (Å²) in [4.78, 5) is 11.2. The molecule has 0 saturated carbocycles. The van der Waals surface area contributed by atoms with Gasteiger partial charge < -0.3 is 15.0 Å². The third kappa shape index (κ3) is 3.41. The topological polar surface area (TPSA) is 74.1 Å². The minimum Gasteiger partial charge on any atom is -0.497 e. The van der Waals surface area contributed by atoms with Crippen molar-refractivity contribution in [3.8, 4) is 11.8 Å². The average Bonchev–Trinajstić information content (AvgIpc) is 2.61. The summed E-state index contributed by atoms with van der Waals surface area (Å²) in [5, 5.41) is 13.7. The number of piperidine rings is 1. The molecule has 2 heterocycles. The molecule has 0 aliphatic carbocycles. The number of aromatic nitrogens is 2. The minimum atomic E-state index is 0.179. The van der Waals surface area contributed by atoms with E-state index in [9.17, 15) is 5.26 Å². The standard InChI is InChI=1S/C18H23N5O/c1-12(2)23-8-6-13(7-9-23)20-18-15-5-4-14(24-3)10-16(15)21-17(11-19)22-18/h4-5,10,12-13H,6-9H2,1-3H3,(H,20,21,22). The summed E-state index contributed by atoms with van der Waals surface area (Å²) in [7, 11) is 1.62. The zero-order valence-corrected chi connectivity index (χ0v) is 14.4. The van der Waals surface area contributed by atoms with Crippen molar-refractivity contribution in [2.24, 2.45) is 0 Å². The summed E-state index contributed by atoms with van der Waals surface area (Å²) in [5.74, 6) is 1.64. The van der Waals surface area contributed by atoms with Crippen molar-refractivity contribution >= 4 is 16.7 Å². The highest BCUT2D eigenvalue weighted by Crippen LogP contribution is 2.26. The monoisotopic (exact) mass is 325 g/mol. The van der Waals surface area contributed by atoms with Crippen molar-refractivity contribution in [1.29, 1.82) is 5.26 Å². The summed E-state index contributed by atoms with van der Waals surface area (Å²) in [6, 6.07) is 8.68. The van der Waals surface area contributed by atoms with Crippen LogP contribution in [-0.4, -0.2) is 47.2 Å². The number of nitrogens with one attached hydrogen (secondary N) is 1. The number of hydrogen-bond acceptors (Lipinski definition) is 6. The second-order valence-electron chi connectivity index (χ2n) is 6.44. The van der Waals surface area contributed by atoms with E-state index in [1.54, 1.807) is 7.11 Å². The largest absolute Gasteiger partial charge is 0.497 e. The van der Waals surface area contributed by atoms with Gasteiger partial charge >= 0.3 is 0 Å². The van der Waals surface area contributed by atoms with Gasteiger partial charge in [0.05, 0.1) is 12.6 Å². The number of nitriles is 1. The predicted octanol–water partition coefficient (Wildman–Crippen LogP) is 2.79. The molecule has 0 spiro atoms. The molecule has 0 radical (unpaired) electrons. The van der Waals surface area contributed by atoms with E-state index in [1.165, 1.54) is 0 Å². The molecular weight excluding hydrogens is 302 g/mol. The fourth-order valence-electron chi connectivity index (χ4n) is 3.15. The van der Waals surface area contributed by atoms with Crippen LogP contribution in [0.1, 0.15) is 32.5 Å². The van der Waals surface area contributed by atoms with Crippen LogP contribution in [0.3, 0.4) is 0 Å². The van der Waals surface area contributed by atoms with Crippen molar-refractivity contribution < 1.29 is 4.74 Å². The molecule has 0 bridgehead atoms. The second kappa shape index (κ2) is 7.02. The van der Waals surface area contributed by atoms with Crippen LogP contribution >= 0.6 is 0 Å². The number of likely N-dealkylation sites (tertiary alicyclic amines) is 1. The Labute approximate surface area is 142 Å². The quantitative estimate of drug-likeness (QED) is 0.932. The van der Waals surface area contributed by atoms with E-state index in [0.29, 0.717) is 12.1 Å². The first kappa shape index (κ1) is 16.5. The molecule has 1 fully saturated rings. The van der Waals surface area contributed by atoms with Crippen molar-refractivity contribution in [2.45, 2.75) is 38.8 Å². The number of fused-ring (bicyclic) bond motifs is 1. The first-order valence-electron chi connectivity index (χ1n) is 8.37. The van der Waals surface area contributed by atoms with Gasteiger partial charge in [-0.05, 0) is 38.8 Å². The van der Waals surface area contributed by atoms with Crippen LogP contribution in [-0.2, 0) is 0 Å². The van der Waals surface area contributed by atoms with Crippen LogP contribution in [0.5, 0.6) is 5.75 Å². The fourth-order valence-corrected chi connectivity index (χ4v) is 3.15. The Morgan fingerprint density at radius 3 is 2.67 bits per heavy atom. The third-order valence-corrected chi connectivity index (χ3v) is 4.60. The van der Waals surface area contributed by atoms with Gasteiger partial charge in [0.1, 0.15) is 17.6 Å². The highest BCUT2D eigenvalue weighted by molar-refractivity contribution is 5.90. The Balaban J connectivity index is 1.85. The number of nitrogens with zero attached hydrogens (tertiary/aromatic N) is 4. The smallest absolute Gasteiger partial charge is 0.234 e. The molecule has 1 aromatic heterocycles. The van der Waals surface area contributed by atoms with Gasteiger partial charge in [-0.15, -0.1) is 0 Å². The van der Waals surface area contributed by atoms with Crippen LogP contribution in [0.4, 0.5) is 5.82 Å². The summed E-state index contributed by atoms with van der Waals surface area (Å²) >= 11 is 0. The Morgan fingerprint density at radius 1 is 1.29 bits per heavy atom. The van der Waals surface area contributed by atoms with Crippen molar-refractivity contribution in [2.75, 3.05) is 25.5 Å². The number of rotatable bonds is 4. The van der Waals surface area contributed by atoms with Gasteiger partial charge in [0.25, 0.3) is 0 Å². The van der Waals surface area contributed by atoms with Crippen LogP contribution in [0.25, 0.3) is 10.9 Å². The van der Waals surface area contributed by atoms with Gasteiger partial charge in [0, 0.05) is 36.6 Å². The van der Waals surface area contributed by atoms with E-state index in [1.807, 2.05) is 24.3 Å². The Bertz CT molecular complexity index is 760. The van der Waals surface area contributed by atoms with Crippen molar-refractivity contribution in [3.05, 3.63) is 24.0 Å². The molecule has 3 rings (SSSR count). The van der Waals surface area contributed by atoms with Crippen molar-refractivity contribution in [3.63, 3.8) is 0 Å². The lowest BCUT2D eigenvalue weighted by molar-refractivity contribution is 0.177. The van der Waals surface area contributed by atoms with Crippen LogP contribution < -0.4 is 10.1 Å². The van der Waals surface area contributed by atoms with Crippen LogP contribution in [0, 0.1) is 11.3 Å². The number of hydrogen-bond donors (Lipinski definition) is 1. The Kier molecular flexibility index (Phi) is 4.81. The highest BCUT2D eigenvalue weighted by atomic mass is 16.5. The molecule has 1 aromatic carbocycles. The zero-order valence-electron chi connectivity index (χ0n) is 14.4. The second-order valence-corrected chi connectivity index (χ2v) is 6.44. The zero-order chi connectivity index (χ0) is 17.1. The normalized spacial score (nSPS) is 16.3. The molecule has 126 valence electrons. The molecule has 1 aliphatic heterocycles. The predicted molar refractivity (Wildman–Crippen MR) is 94.2 cm³/mol. The number of benzene rings is 1. The minimum absolute atomic E-state index is 0.179. The van der Waals surface area contributed by atoms with E-state index in [-0.39, 0.29) is 5.82 Å². The SMILES string of the molecule is COc1ccc2c(NC3CCN(C(C)C)CC3)nc(C#N)nc2c1. The molecule has 1 N–H and O–H groups in total. The average molecular weight is 325 g/mol. The van der Waals surface area contributed by atoms with Gasteiger partial charge in [0.15, 0.2) is 0 Å². The van der Waals surface area contributed by atoms with E-state index >= 15 is 0 Å². The molecule has 24 heavy (non-hydrogen) atoms. The molecule has 1 saturated heterocycles. The molecule has 2 aromatic rings. The molecule has 6 nitrogen and oxygen atoms in total. The Hall–Kier alpha value is -2.39. The maximum Gasteiger partial charge on any atom is 0.234 e. The number of ether oxygens (including phenoxy) is 1. The molecule has 0 atom stereocenters. The lowest BCUT2D eigenvalue weighted by Crippen LogP contribution is -2.42. The van der Waals surface area contributed by atoms with Gasteiger partial charge in [-0.1, -0.05) is 0 Å². The third-order valence-electron chi connectivity index (χ3n) is 4.60. The van der Waals surface area contributed by atoms with Gasteiger partial charge in [-0.2, -0.15) is 5.26 Å². The first-order chi connectivity index (χ1) is 11.6. The summed E-state index contributed by atoms with van der Waals surface area (Å²) in [6.07, 6.45) is 2.14. The van der Waals surface area contributed by atoms with E-state index < -0.39 is 0 Å². The van der Waals surface area contributed by atoms with Gasteiger partial charge in [-0.25, -0.2) is 9.97 Å². The summed E-state index contributed by atoms with van der Waals surface area (Å²) in [6.45, 7) is 6.63.